The highest BCUT2D eigenvalue weighted by Gasteiger charge is 2.13. The number of nitrogens with one attached hydrogen (secondary N) is 1. The van der Waals surface area contributed by atoms with Crippen LogP contribution in [-0.4, -0.2) is 22.0 Å². The third-order valence-corrected chi connectivity index (χ3v) is 3.18. The minimum Gasteiger partial charge on any atom is -0.474 e. The van der Waals surface area contributed by atoms with Crippen LogP contribution >= 0.6 is 22.7 Å². The van der Waals surface area contributed by atoms with Crippen LogP contribution in [0.15, 0.2) is 22.2 Å². The molecule has 1 amide bonds. The smallest absolute Gasteiger partial charge is 0.394 e. The maximum Gasteiger partial charge on any atom is 0.394 e. The number of hydrogen-bond acceptors (Lipinski definition) is 5. The van der Waals surface area contributed by atoms with Crippen LogP contribution in [0.25, 0.3) is 11.3 Å². The Labute approximate surface area is 98.4 Å². The number of carbonyl (C=O) groups excluding carboxylic acids is 1. The van der Waals surface area contributed by atoms with Gasteiger partial charge in [0.15, 0.2) is 5.13 Å². The minimum absolute atomic E-state index is 0.286. The second-order valence-corrected chi connectivity index (χ2v) is 4.45. The van der Waals surface area contributed by atoms with E-state index in [-0.39, 0.29) is 5.13 Å². The zero-order valence-corrected chi connectivity index (χ0v) is 9.47. The topological polar surface area (TPSA) is 79.3 Å². The number of carboxylic acids is 1. The zero-order valence-electron chi connectivity index (χ0n) is 7.84. The number of carboxylic acid groups (broad SMARTS) is 1. The molecule has 0 radical (unpaired) electrons. The van der Waals surface area contributed by atoms with Gasteiger partial charge >= 0.3 is 11.9 Å². The molecule has 0 saturated heterocycles. The van der Waals surface area contributed by atoms with Gasteiger partial charge in [-0.1, -0.05) is 0 Å². The van der Waals surface area contributed by atoms with Crippen molar-refractivity contribution in [3.05, 3.63) is 22.2 Å². The molecule has 0 aliphatic heterocycles. The molecule has 2 aromatic rings. The molecule has 0 fully saturated rings. The Kier molecular flexibility index (Phi) is 2.97. The number of carbonyl (C=O) groups is 2. The summed E-state index contributed by atoms with van der Waals surface area (Å²) in [5.41, 5.74) is 1.68. The average Bonchev–Trinajstić information content (AvgIpc) is 2.85. The number of thiophene rings is 1. The normalized spacial score (nSPS) is 10.0. The maximum atomic E-state index is 10.9. The molecule has 0 aliphatic rings. The fourth-order valence-electron chi connectivity index (χ4n) is 1.02. The molecule has 0 spiro atoms. The van der Waals surface area contributed by atoms with Gasteiger partial charge in [-0.2, -0.15) is 11.3 Å². The first-order chi connectivity index (χ1) is 7.66. The van der Waals surface area contributed by atoms with E-state index in [1.807, 2.05) is 16.8 Å². The van der Waals surface area contributed by atoms with Gasteiger partial charge in [-0.3, -0.25) is 10.1 Å². The first-order valence-electron chi connectivity index (χ1n) is 4.19. The van der Waals surface area contributed by atoms with E-state index >= 15 is 0 Å². The van der Waals surface area contributed by atoms with Crippen molar-refractivity contribution < 1.29 is 14.7 Å². The van der Waals surface area contributed by atoms with E-state index in [0.29, 0.717) is 0 Å². The van der Waals surface area contributed by atoms with Crippen LogP contribution in [0.2, 0.25) is 0 Å². The van der Waals surface area contributed by atoms with Crippen molar-refractivity contribution in [2.45, 2.75) is 0 Å². The standard InChI is InChI=1S/C9H6N2O3S2/c12-7(8(13)14)11-9-10-6(4-16-9)5-1-2-15-3-5/h1-4H,(H,13,14)(H,10,11,12). The fraction of sp³-hybridized carbons (Fsp3) is 0. The van der Waals surface area contributed by atoms with E-state index < -0.39 is 11.9 Å². The van der Waals surface area contributed by atoms with Gasteiger partial charge in [0.05, 0.1) is 5.69 Å². The van der Waals surface area contributed by atoms with Gasteiger partial charge in [-0.25, -0.2) is 9.78 Å². The van der Waals surface area contributed by atoms with Crippen molar-refractivity contribution in [2.24, 2.45) is 0 Å². The van der Waals surface area contributed by atoms with Crippen LogP contribution in [0.5, 0.6) is 0 Å². The van der Waals surface area contributed by atoms with Crippen molar-refractivity contribution in [1.82, 2.24) is 4.98 Å². The zero-order chi connectivity index (χ0) is 11.5. The number of aromatic nitrogens is 1. The second kappa shape index (κ2) is 4.42. The molecule has 0 bridgehead atoms. The summed E-state index contributed by atoms with van der Waals surface area (Å²) in [6, 6.07) is 1.91. The predicted molar refractivity (Wildman–Crippen MR) is 61.7 cm³/mol. The Morgan fingerprint density at radius 3 is 2.81 bits per heavy atom. The van der Waals surface area contributed by atoms with Crippen LogP contribution in [0.3, 0.4) is 0 Å². The highest BCUT2D eigenvalue weighted by Crippen LogP contribution is 2.26. The number of anilines is 1. The van der Waals surface area contributed by atoms with E-state index in [9.17, 15) is 9.59 Å². The van der Waals surface area contributed by atoms with Crippen LogP contribution in [0.1, 0.15) is 0 Å². The molecule has 2 heterocycles. The molecule has 2 rings (SSSR count). The van der Waals surface area contributed by atoms with Gasteiger partial charge in [0, 0.05) is 16.3 Å². The highest BCUT2D eigenvalue weighted by molar-refractivity contribution is 7.14. The van der Waals surface area contributed by atoms with Crippen LogP contribution in [0, 0.1) is 0 Å². The molecule has 0 aliphatic carbocycles. The molecule has 5 nitrogen and oxygen atoms in total. The predicted octanol–water partition coefficient (Wildman–Crippen LogP) is 1.89. The van der Waals surface area contributed by atoms with E-state index in [4.69, 9.17) is 5.11 Å². The molecule has 2 N–H and O–H groups in total. The lowest BCUT2D eigenvalue weighted by atomic mass is 10.3. The van der Waals surface area contributed by atoms with Crippen molar-refractivity contribution in [3.8, 4) is 11.3 Å². The Morgan fingerprint density at radius 1 is 1.38 bits per heavy atom. The number of hydrogen-bond donors (Lipinski definition) is 2. The summed E-state index contributed by atoms with van der Waals surface area (Å²) < 4.78 is 0. The number of rotatable bonds is 2. The molecular formula is C9H6N2O3S2. The summed E-state index contributed by atoms with van der Waals surface area (Å²) in [5, 5.41) is 16.5. The number of nitrogens with zero attached hydrogens (tertiary/aromatic N) is 1. The SMILES string of the molecule is O=C(O)C(=O)Nc1nc(-c2ccsc2)cs1. The van der Waals surface area contributed by atoms with E-state index in [2.05, 4.69) is 10.3 Å². The van der Waals surface area contributed by atoms with Crippen molar-refractivity contribution >= 4 is 39.7 Å². The number of thiazole rings is 1. The summed E-state index contributed by atoms with van der Waals surface area (Å²) in [5.74, 6) is -2.60. The summed E-state index contributed by atoms with van der Waals surface area (Å²) in [4.78, 5) is 25.3. The number of amides is 1. The number of aliphatic carboxylic acids is 1. The van der Waals surface area contributed by atoms with Crippen molar-refractivity contribution in [1.29, 1.82) is 0 Å². The van der Waals surface area contributed by atoms with Crippen molar-refractivity contribution in [3.63, 3.8) is 0 Å². The second-order valence-electron chi connectivity index (χ2n) is 2.81. The molecule has 0 saturated carbocycles. The molecule has 0 aromatic carbocycles. The molecule has 16 heavy (non-hydrogen) atoms. The molecule has 2 aromatic heterocycles. The first kappa shape index (κ1) is 10.8. The molecule has 7 heteroatoms. The minimum atomic E-state index is -1.52. The maximum absolute atomic E-state index is 10.9. The largest absolute Gasteiger partial charge is 0.474 e. The van der Waals surface area contributed by atoms with Crippen LogP contribution in [0.4, 0.5) is 5.13 Å². The van der Waals surface area contributed by atoms with Gasteiger partial charge in [0.25, 0.3) is 0 Å². The highest BCUT2D eigenvalue weighted by atomic mass is 32.1. The summed E-state index contributed by atoms with van der Waals surface area (Å²) in [6.07, 6.45) is 0. The van der Waals surface area contributed by atoms with Gasteiger partial charge in [0.2, 0.25) is 0 Å². The quantitative estimate of drug-likeness (QED) is 0.802. The summed E-state index contributed by atoms with van der Waals surface area (Å²) in [7, 11) is 0. The van der Waals surface area contributed by atoms with E-state index in [0.717, 1.165) is 11.3 Å². The van der Waals surface area contributed by atoms with Crippen LogP contribution < -0.4 is 5.32 Å². The molecular weight excluding hydrogens is 248 g/mol. The Morgan fingerprint density at radius 2 is 2.19 bits per heavy atom. The van der Waals surface area contributed by atoms with Gasteiger partial charge < -0.3 is 5.11 Å². The lowest BCUT2D eigenvalue weighted by Gasteiger charge is -1.94. The van der Waals surface area contributed by atoms with Crippen molar-refractivity contribution in [2.75, 3.05) is 5.32 Å². The molecule has 0 atom stereocenters. The molecule has 0 unspecified atom stereocenters. The third kappa shape index (κ3) is 2.26. The van der Waals surface area contributed by atoms with Gasteiger partial charge in [0.1, 0.15) is 0 Å². The van der Waals surface area contributed by atoms with Crippen LogP contribution in [-0.2, 0) is 9.59 Å². The lowest BCUT2D eigenvalue weighted by molar-refractivity contribution is -0.147. The van der Waals surface area contributed by atoms with Gasteiger partial charge in [-0.15, -0.1) is 11.3 Å². The lowest BCUT2D eigenvalue weighted by Crippen LogP contribution is -2.21. The molecule has 82 valence electrons. The van der Waals surface area contributed by atoms with E-state index in [1.165, 1.54) is 11.3 Å². The van der Waals surface area contributed by atoms with E-state index in [1.54, 1.807) is 16.7 Å². The summed E-state index contributed by atoms with van der Waals surface area (Å²) in [6.45, 7) is 0. The Bertz CT molecular complexity index is 519. The fourth-order valence-corrected chi connectivity index (χ4v) is 2.39. The third-order valence-electron chi connectivity index (χ3n) is 1.74. The average molecular weight is 254 g/mol. The van der Waals surface area contributed by atoms with Gasteiger partial charge in [-0.05, 0) is 11.4 Å². The summed E-state index contributed by atoms with van der Waals surface area (Å²) >= 11 is 2.74. The Hall–Kier alpha value is -1.73. The first-order valence-corrected chi connectivity index (χ1v) is 6.01. The monoisotopic (exact) mass is 254 g/mol. The Balaban J connectivity index is 2.14.